The van der Waals surface area contributed by atoms with Gasteiger partial charge in [-0.05, 0) is 23.8 Å². The van der Waals surface area contributed by atoms with E-state index in [0.717, 1.165) is 5.56 Å². The third-order valence-electron chi connectivity index (χ3n) is 4.25. The fraction of sp³-hybridized carbons (Fsp3) is 0.238. The summed E-state index contributed by atoms with van der Waals surface area (Å²) in [6, 6.07) is 14.8. The minimum atomic E-state index is -0.337. The minimum absolute atomic E-state index is 0.0161. The zero-order chi connectivity index (χ0) is 19.9. The number of nitrogens with zero attached hydrogens (tertiary/aromatic N) is 3. The number of aliphatic hydroxyl groups is 1. The van der Waals surface area contributed by atoms with Crippen LogP contribution in [0.5, 0.6) is 0 Å². The molecule has 1 aromatic carbocycles. The number of hydrogen-bond donors (Lipinski definition) is 2. The molecule has 0 saturated heterocycles. The van der Waals surface area contributed by atoms with E-state index in [1.165, 1.54) is 13.1 Å². The van der Waals surface area contributed by atoms with Crippen LogP contribution in [-0.4, -0.2) is 45.2 Å². The molecule has 2 aromatic heterocycles. The second-order valence-corrected chi connectivity index (χ2v) is 6.37. The van der Waals surface area contributed by atoms with Crippen molar-refractivity contribution >= 4 is 11.7 Å². The lowest BCUT2D eigenvalue weighted by atomic mass is 10.0. The van der Waals surface area contributed by atoms with Crippen molar-refractivity contribution in [2.45, 2.75) is 19.4 Å². The van der Waals surface area contributed by atoms with Crippen molar-refractivity contribution in [2.24, 2.45) is 0 Å². The summed E-state index contributed by atoms with van der Waals surface area (Å²) >= 11 is 0. The van der Waals surface area contributed by atoms with Gasteiger partial charge in [-0.3, -0.25) is 14.3 Å². The van der Waals surface area contributed by atoms with E-state index in [-0.39, 0.29) is 30.4 Å². The number of benzene rings is 1. The van der Waals surface area contributed by atoms with Crippen LogP contribution in [0, 0.1) is 0 Å². The molecule has 28 heavy (non-hydrogen) atoms. The van der Waals surface area contributed by atoms with Gasteiger partial charge in [0.25, 0.3) is 5.91 Å². The van der Waals surface area contributed by atoms with E-state index in [0.29, 0.717) is 29.9 Å². The molecule has 0 aliphatic rings. The Bertz CT molecular complexity index is 967. The number of aromatic nitrogens is 3. The van der Waals surface area contributed by atoms with Gasteiger partial charge in [0.15, 0.2) is 5.78 Å². The van der Waals surface area contributed by atoms with Crippen LogP contribution in [0.3, 0.4) is 0 Å². The van der Waals surface area contributed by atoms with Crippen LogP contribution in [0.25, 0.3) is 0 Å². The molecule has 2 N–H and O–H groups in total. The van der Waals surface area contributed by atoms with Gasteiger partial charge < -0.3 is 10.4 Å². The summed E-state index contributed by atoms with van der Waals surface area (Å²) in [6.45, 7) is 0.364. The molecule has 0 aliphatic heterocycles. The molecule has 3 aromatic rings. The Hall–Kier alpha value is -3.32. The number of ketones is 1. The molecule has 0 fully saturated rings. The van der Waals surface area contributed by atoms with E-state index in [1.54, 1.807) is 23.0 Å². The Labute approximate surface area is 163 Å². The van der Waals surface area contributed by atoms with Crippen molar-refractivity contribution in [3.05, 3.63) is 82.9 Å². The Morgan fingerprint density at radius 3 is 2.61 bits per heavy atom. The van der Waals surface area contributed by atoms with E-state index in [4.69, 9.17) is 5.11 Å². The Morgan fingerprint density at radius 2 is 1.89 bits per heavy atom. The zero-order valence-corrected chi connectivity index (χ0v) is 15.6. The first kappa shape index (κ1) is 19.4. The largest absolute Gasteiger partial charge is 0.394 e. The van der Waals surface area contributed by atoms with Crippen LogP contribution in [0.4, 0.5) is 0 Å². The maximum absolute atomic E-state index is 12.8. The topological polar surface area (TPSA) is 97.1 Å². The van der Waals surface area contributed by atoms with E-state index in [1.807, 2.05) is 30.3 Å². The van der Waals surface area contributed by atoms with Crippen molar-refractivity contribution in [1.29, 1.82) is 0 Å². The van der Waals surface area contributed by atoms with Crippen LogP contribution in [0.1, 0.15) is 37.8 Å². The number of amides is 1. The first-order valence-electron chi connectivity index (χ1n) is 9.02. The van der Waals surface area contributed by atoms with Gasteiger partial charge in [-0.1, -0.05) is 30.3 Å². The maximum atomic E-state index is 12.8. The summed E-state index contributed by atoms with van der Waals surface area (Å²) in [6.07, 6.45) is 2.36. The van der Waals surface area contributed by atoms with Crippen LogP contribution in [-0.2, 0) is 19.4 Å². The zero-order valence-electron chi connectivity index (χ0n) is 15.6. The Kier molecular flexibility index (Phi) is 6.29. The molecule has 0 saturated carbocycles. The van der Waals surface area contributed by atoms with E-state index in [2.05, 4.69) is 15.4 Å². The lowest BCUT2D eigenvalue weighted by Gasteiger charge is -2.08. The summed E-state index contributed by atoms with van der Waals surface area (Å²) < 4.78 is 1.59. The molecule has 0 radical (unpaired) electrons. The van der Waals surface area contributed by atoms with E-state index < -0.39 is 0 Å². The van der Waals surface area contributed by atoms with Gasteiger partial charge in [0.1, 0.15) is 5.69 Å². The van der Waals surface area contributed by atoms with Gasteiger partial charge >= 0.3 is 0 Å². The van der Waals surface area contributed by atoms with Crippen LogP contribution >= 0.6 is 0 Å². The fourth-order valence-corrected chi connectivity index (χ4v) is 2.88. The minimum Gasteiger partial charge on any atom is -0.394 e. The summed E-state index contributed by atoms with van der Waals surface area (Å²) in [5.41, 5.74) is 2.95. The highest BCUT2D eigenvalue weighted by molar-refractivity contribution is 6.00. The van der Waals surface area contributed by atoms with Gasteiger partial charge in [0, 0.05) is 30.9 Å². The number of pyridine rings is 1. The summed E-state index contributed by atoms with van der Waals surface area (Å²) in [4.78, 5) is 29.3. The third-order valence-corrected chi connectivity index (χ3v) is 4.25. The summed E-state index contributed by atoms with van der Waals surface area (Å²) in [5, 5.41) is 15.8. The standard InChI is InChI=1S/C21H22N4O3/c1-22-21(28)19-13-16(12-18(23-19)11-15-5-3-2-4-6-15)20(27)14-17-7-8-25(24-17)9-10-26/h2-8,12-13,26H,9-11,14H2,1H3,(H,22,28). The number of carbonyl (C=O) groups excluding carboxylic acids is 2. The number of nitrogens with one attached hydrogen (secondary N) is 1. The molecular weight excluding hydrogens is 356 g/mol. The van der Waals surface area contributed by atoms with Crippen LogP contribution < -0.4 is 5.32 Å². The molecule has 7 heteroatoms. The fourth-order valence-electron chi connectivity index (χ4n) is 2.88. The Balaban J connectivity index is 1.86. The number of aliphatic hydroxyl groups excluding tert-OH is 1. The van der Waals surface area contributed by atoms with Gasteiger partial charge in [-0.15, -0.1) is 0 Å². The highest BCUT2D eigenvalue weighted by Crippen LogP contribution is 2.14. The van der Waals surface area contributed by atoms with Gasteiger partial charge in [0.05, 0.1) is 25.3 Å². The SMILES string of the molecule is CNC(=O)c1cc(C(=O)Cc2ccn(CCO)n2)cc(Cc2ccccc2)n1. The molecule has 0 bridgehead atoms. The van der Waals surface area contributed by atoms with E-state index >= 15 is 0 Å². The molecule has 0 spiro atoms. The van der Waals surface area contributed by atoms with Crippen molar-refractivity contribution in [1.82, 2.24) is 20.1 Å². The van der Waals surface area contributed by atoms with Gasteiger partial charge in [-0.25, -0.2) is 4.98 Å². The van der Waals surface area contributed by atoms with Crippen LogP contribution in [0.15, 0.2) is 54.7 Å². The number of rotatable bonds is 8. The molecular formula is C21H22N4O3. The van der Waals surface area contributed by atoms with Crippen molar-refractivity contribution in [3.63, 3.8) is 0 Å². The summed E-state index contributed by atoms with van der Waals surface area (Å²) in [5.74, 6) is -0.479. The lowest BCUT2D eigenvalue weighted by Crippen LogP contribution is -2.21. The number of hydrogen-bond acceptors (Lipinski definition) is 5. The lowest BCUT2D eigenvalue weighted by molar-refractivity contribution is 0.0958. The normalized spacial score (nSPS) is 10.6. The van der Waals surface area contributed by atoms with Gasteiger partial charge in [-0.2, -0.15) is 5.10 Å². The first-order valence-corrected chi connectivity index (χ1v) is 9.02. The smallest absolute Gasteiger partial charge is 0.269 e. The van der Waals surface area contributed by atoms with E-state index in [9.17, 15) is 9.59 Å². The number of carbonyl (C=O) groups is 2. The van der Waals surface area contributed by atoms with Crippen LogP contribution in [0.2, 0.25) is 0 Å². The molecule has 7 nitrogen and oxygen atoms in total. The second-order valence-electron chi connectivity index (χ2n) is 6.37. The average Bonchev–Trinajstić information content (AvgIpc) is 3.15. The molecule has 2 heterocycles. The monoisotopic (exact) mass is 378 g/mol. The van der Waals surface area contributed by atoms with Gasteiger partial charge in [0.2, 0.25) is 0 Å². The highest BCUT2D eigenvalue weighted by Gasteiger charge is 2.15. The quantitative estimate of drug-likeness (QED) is 0.581. The number of Topliss-reactive ketones (excluding diaryl/α,β-unsaturated/α-hetero) is 1. The second kappa shape index (κ2) is 9.05. The molecule has 144 valence electrons. The average molecular weight is 378 g/mol. The summed E-state index contributed by atoms with van der Waals surface area (Å²) in [7, 11) is 1.53. The predicted molar refractivity (Wildman–Crippen MR) is 104 cm³/mol. The first-order chi connectivity index (χ1) is 13.6. The molecule has 1 amide bonds. The third kappa shape index (κ3) is 4.89. The van der Waals surface area contributed by atoms with Crippen molar-refractivity contribution in [2.75, 3.05) is 13.7 Å². The molecule has 0 atom stereocenters. The molecule has 0 unspecified atom stereocenters. The predicted octanol–water partition coefficient (Wildman–Crippen LogP) is 1.65. The van der Waals surface area contributed by atoms with Crippen molar-refractivity contribution in [3.8, 4) is 0 Å². The molecule has 0 aliphatic carbocycles. The Morgan fingerprint density at radius 1 is 1.11 bits per heavy atom. The van der Waals surface area contributed by atoms with Crippen molar-refractivity contribution < 1.29 is 14.7 Å². The highest BCUT2D eigenvalue weighted by atomic mass is 16.3. The maximum Gasteiger partial charge on any atom is 0.269 e. The molecule has 3 rings (SSSR count).